The first-order valence-electron chi connectivity index (χ1n) is 18.0. The predicted molar refractivity (Wildman–Crippen MR) is 258 cm³/mol. The summed E-state index contributed by atoms with van der Waals surface area (Å²) in [6.07, 6.45) is 0. The van der Waals surface area contributed by atoms with Gasteiger partial charge in [0.2, 0.25) is 0 Å². The maximum Gasteiger partial charge on any atom is 0.387 e. The van der Waals surface area contributed by atoms with E-state index in [0.717, 1.165) is 0 Å². The Morgan fingerprint density at radius 3 is 0.298 bits per heavy atom. The molecule has 468 valence electrons. The van der Waals surface area contributed by atoms with Gasteiger partial charge in [-0.1, -0.05) is 0 Å². The summed E-state index contributed by atoms with van der Waals surface area (Å²) in [7, 11) is 0. The van der Waals surface area contributed by atoms with Crippen LogP contribution in [0.3, 0.4) is 0 Å². The van der Waals surface area contributed by atoms with Gasteiger partial charge in [0.15, 0.2) is 0 Å². The number of carboxylic acids is 9. The minimum atomic E-state index is -1.31. The van der Waals surface area contributed by atoms with Crippen LogP contribution in [0.5, 0.6) is 0 Å². The standard InChI is InChI=1S/9C4H5NO2.9CHO.3Mo/c9*1-3(5-2)4(6)7;9*1-2;;;/h9*3H,1H3,(H,6,7);9*1H;;;/q;;;;;;;;;9*-1;;;/p-6. The molecule has 3 N–H and O–H groups in total. The summed E-state index contributed by atoms with van der Waals surface area (Å²) in [6.45, 7) is 96.4. The predicted octanol–water partition coefficient (Wildman–Crippen LogP) is -7.07. The molecule has 0 radical (unpaired) electrons. The monoisotopic (exact) mass is 1440 g/mol. The second-order valence-corrected chi connectivity index (χ2v) is 10.2. The van der Waals surface area contributed by atoms with Crippen LogP contribution in [0.15, 0.2) is 0 Å². The number of carbonyl (C=O) groups is 9. The molecule has 0 rings (SSSR count). The number of hydrogen-bond acceptors (Lipinski definition) is 24. The zero-order valence-electron chi connectivity index (χ0n) is 44.8. The van der Waals surface area contributed by atoms with Crippen molar-refractivity contribution >= 4 is 115 Å². The van der Waals surface area contributed by atoms with Gasteiger partial charge in [0.05, 0.1) is 0 Å². The van der Waals surface area contributed by atoms with Crippen molar-refractivity contribution in [1.29, 1.82) is 0 Å². The van der Waals surface area contributed by atoms with Gasteiger partial charge < -0.3 is 161 Å². The van der Waals surface area contributed by atoms with Crippen LogP contribution in [0.1, 0.15) is 62.3 Å². The van der Waals surface area contributed by atoms with Crippen molar-refractivity contribution in [3.8, 4) is 0 Å². The van der Waals surface area contributed by atoms with E-state index in [1.165, 1.54) is 62.3 Å². The second kappa shape index (κ2) is 135. The maximum absolute atomic E-state index is 9.72. The molecule has 0 spiro atoms. The Kier molecular flexibility index (Phi) is 225. The Bertz CT molecular complexity index is 1620. The van der Waals surface area contributed by atoms with E-state index < -0.39 is 108 Å². The maximum atomic E-state index is 9.72. The van der Waals surface area contributed by atoms with Gasteiger partial charge in [-0.25, -0.2) is 73.5 Å². The summed E-state index contributed by atoms with van der Waals surface area (Å²) in [4.78, 5) is 181. The number of carboxylic acid groups (broad SMARTS) is 9. The fraction of sp³-hybridized carbons (Fsp3) is 0.400. The van der Waals surface area contributed by atoms with Gasteiger partial charge in [0.1, 0.15) is 35.8 Å². The first-order valence-corrected chi connectivity index (χ1v) is 18.0. The average Bonchev–Trinajstić information content (AvgIpc) is 3.50. The molecule has 0 saturated carbocycles. The molecule has 0 aliphatic rings. The van der Waals surface area contributed by atoms with Crippen molar-refractivity contribution in [2.24, 2.45) is 0 Å². The van der Waals surface area contributed by atoms with E-state index in [4.69, 9.17) is 118 Å². The van der Waals surface area contributed by atoms with E-state index in [0.29, 0.717) is 0 Å². The average molecular weight is 1430 g/mol. The van der Waals surface area contributed by atoms with Crippen molar-refractivity contribution in [3.63, 3.8) is 0 Å². The summed E-state index contributed by atoms with van der Waals surface area (Å²) in [6, 6.07) is -8.67. The van der Waals surface area contributed by atoms with Gasteiger partial charge in [-0.3, -0.25) is 61.1 Å². The summed E-state index contributed by atoms with van der Waals surface area (Å²) < 4.78 is 0. The zero-order valence-corrected chi connectivity index (χ0v) is 50.8. The van der Waals surface area contributed by atoms with Crippen molar-refractivity contribution in [3.05, 3.63) is 103 Å². The fourth-order valence-electron chi connectivity index (χ4n) is 0.482. The largest absolute Gasteiger partial charge is 0.545 e. The molecule has 0 aromatic heterocycles. The van der Waals surface area contributed by atoms with Gasteiger partial charge in [-0.05, 0) is 0 Å². The Hall–Kier alpha value is -10.3. The molecule has 9 unspecified atom stereocenters. The van der Waals surface area contributed by atoms with Gasteiger partial charge >= 0.3 is 36.0 Å². The number of carbonyl (C=O) groups excluding carboxylic acids is 15. The van der Waals surface area contributed by atoms with Crippen LogP contribution >= 0.6 is 0 Å². The van der Waals surface area contributed by atoms with Gasteiger partial charge in [-0.15, -0.1) is 0 Å². The van der Waals surface area contributed by atoms with Crippen LogP contribution in [0, 0.1) is 59.1 Å². The SMILES string of the molecule is [C-]#[N+]C(C)C(=O)O.[C-]#[N+]C(C)C(=O)O.[C-]#[N+]C(C)C(=O)O.[C-]#[N+]C(C)C(=O)[O-].[C-]#[N+]C(C)C(=O)[O-].[C-]#[N+]C(C)C(=O)[O-].[C-]#[N+]C(C)C(=O)[O-].[C-]#[N+]C(C)C(=O)[O-].[C-]#[N+]C(C)C(=O)[O-].[CH-]=O.[CH-]=O.[CH-]=O.[CH-]=O.[CH-]=O.[CH-]=O.[CH-]=O.[CH-]=O.[CH-]=O.[Mo].[Mo].[Mo]. The number of aliphatic carboxylic acids is 9. The third-order valence-electron chi connectivity index (χ3n) is 4.86. The second-order valence-electron chi connectivity index (χ2n) is 10.2. The number of nitrogens with zero attached hydrogens (tertiary/aromatic N) is 9. The van der Waals surface area contributed by atoms with Crippen LogP contribution in [0.2, 0.25) is 0 Å². The van der Waals surface area contributed by atoms with E-state index in [9.17, 15) is 73.8 Å². The van der Waals surface area contributed by atoms with Crippen molar-refractivity contribution < 1.29 is 195 Å². The molecular weight excluding hydrogens is 1390 g/mol. The molecule has 0 fully saturated rings. The molecule has 0 amide bonds. The van der Waals surface area contributed by atoms with Crippen molar-refractivity contribution in [2.75, 3.05) is 0 Å². The van der Waals surface area contributed by atoms with E-state index in [1.54, 1.807) is 0 Å². The van der Waals surface area contributed by atoms with Gasteiger partial charge in [0.25, 0.3) is 36.3 Å². The van der Waals surface area contributed by atoms with E-state index >= 15 is 0 Å². The Labute approximate surface area is 527 Å². The number of hydrogen-bond donors (Lipinski definition) is 3. The molecular formula is C45H48Mo3N9O27-15. The van der Waals surface area contributed by atoms with E-state index in [1.807, 2.05) is 0 Å². The first-order chi connectivity index (χ1) is 37.6. The molecule has 0 aliphatic carbocycles. The molecule has 39 heteroatoms. The number of rotatable bonds is 9. The van der Waals surface area contributed by atoms with Gasteiger partial charge in [-0.2, -0.15) is 0 Å². The summed E-state index contributed by atoms with van der Waals surface area (Å²) >= 11 is 0. The third-order valence-corrected chi connectivity index (χ3v) is 4.86. The quantitative estimate of drug-likeness (QED) is 0.110. The molecule has 0 heterocycles. The van der Waals surface area contributed by atoms with Crippen LogP contribution < -0.4 is 30.6 Å². The van der Waals surface area contributed by atoms with Crippen molar-refractivity contribution in [1.82, 2.24) is 0 Å². The molecule has 0 aromatic carbocycles. The Balaban J connectivity index is -0.0000000269. The molecule has 9 atom stereocenters. The molecule has 0 aromatic rings. The summed E-state index contributed by atoms with van der Waals surface area (Å²) in [5.41, 5.74) is 0. The fourth-order valence-corrected chi connectivity index (χ4v) is 0.482. The van der Waals surface area contributed by atoms with Crippen LogP contribution in [-0.4, -0.2) is 185 Å². The molecule has 36 nitrogen and oxygen atoms in total. The first kappa shape index (κ1) is 140. The summed E-state index contributed by atoms with van der Waals surface area (Å²) in [5, 5.41) is 81.5. The summed E-state index contributed by atoms with van der Waals surface area (Å²) in [5.74, 6) is -11.0. The van der Waals surface area contributed by atoms with Gasteiger partial charge in [0, 0.05) is 126 Å². The van der Waals surface area contributed by atoms with Crippen molar-refractivity contribution in [2.45, 2.75) is 117 Å². The molecule has 0 bridgehead atoms. The third kappa shape index (κ3) is 188. The Morgan fingerprint density at radius 1 is 0.238 bits per heavy atom. The molecule has 84 heavy (non-hydrogen) atoms. The van der Waals surface area contributed by atoms with E-state index in [2.05, 4.69) is 105 Å². The minimum absolute atomic E-state index is 0. The molecule has 0 saturated heterocycles. The molecule has 0 aliphatic heterocycles. The van der Waals surface area contributed by atoms with E-state index in [-0.39, 0.29) is 63.2 Å². The van der Waals surface area contributed by atoms with Crippen LogP contribution in [0.4, 0.5) is 0 Å². The zero-order chi connectivity index (χ0) is 70.8. The smallest absolute Gasteiger partial charge is 0.387 e. The normalized spacial score (nSPS) is 9.43. The van der Waals surface area contributed by atoms with Crippen LogP contribution in [-0.2, 0) is 149 Å². The Morgan fingerprint density at radius 2 is 0.298 bits per heavy atom. The van der Waals surface area contributed by atoms with Crippen LogP contribution in [0.25, 0.3) is 43.6 Å². The topological polar surface area (TPSA) is 546 Å². The minimum Gasteiger partial charge on any atom is -0.545 e.